The van der Waals surface area contributed by atoms with E-state index in [0.29, 0.717) is 0 Å². The molecule has 110 valence electrons. The van der Waals surface area contributed by atoms with Gasteiger partial charge in [0, 0.05) is 12.5 Å². The zero-order valence-electron chi connectivity index (χ0n) is 12.6. The van der Waals surface area contributed by atoms with Gasteiger partial charge in [0.1, 0.15) is 6.04 Å². The highest BCUT2D eigenvalue weighted by Gasteiger charge is 2.23. The fourth-order valence-electron chi connectivity index (χ4n) is 1.49. The van der Waals surface area contributed by atoms with Gasteiger partial charge in [-0.05, 0) is 26.7 Å². The topological polar surface area (TPSA) is 87.3 Å². The summed E-state index contributed by atoms with van der Waals surface area (Å²) in [5.41, 5.74) is -0.336. The molecule has 1 unspecified atom stereocenters. The molecule has 0 radical (unpaired) electrons. The summed E-state index contributed by atoms with van der Waals surface area (Å²) >= 11 is 0. The van der Waals surface area contributed by atoms with Crippen molar-refractivity contribution < 1.29 is 14.4 Å². The summed E-state index contributed by atoms with van der Waals surface area (Å²) < 4.78 is 0. The molecule has 0 aliphatic rings. The first-order chi connectivity index (χ1) is 8.53. The van der Waals surface area contributed by atoms with Gasteiger partial charge in [-0.2, -0.15) is 0 Å². The second-order valence-corrected chi connectivity index (χ2v) is 5.94. The van der Waals surface area contributed by atoms with Gasteiger partial charge >= 0.3 is 0 Å². The second-order valence-electron chi connectivity index (χ2n) is 5.94. The summed E-state index contributed by atoms with van der Waals surface area (Å²) in [5, 5.41) is 7.84. The summed E-state index contributed by atoms with van der Waals surface area (Å²) in [6.45, 7) is 10.5. The molecule has 0 rings (SSSR count). The highest BCUT2D eigenvalue weighted by molar-refractivity contribution is 5.90. The van der Waals surface area contributed by atoms with Crippen molar-refractivity contribution in [3.8, 4) is 0 Å². The Morgan fingerprint density at radius 2 is 1.63 bits per heavy atom. The third-order valence-electron chi connectivity index (χ3n) is 2.25. The third kappa shape index (κ3) is 8.18. The van der Waals surface area contributed by atoms with Crippen molar-refractivity contribution >= 4 is 17.7 Å². The highest BCUT2D eigenvalue weighted by atomic mass is 16.2. The van der Waals surface area contributed by atoms with Crippen LogP contribution < -0.4 is 16.0 Å². The smallest absolute Gasteiger partial charge is 0.243 e. The zero-order valence-corrected chi connectivity index (χ0v) is 12.6. The molecular weight excluding hydrogens is 246 g/mol. The molecular formula is C13H25N3O3. The fourth-order valence-corrected chi connectivity index (χ4v) is 1.49. The van der Waals surface area contributed by atoms with Crippen LogP contribution >= 0.6 is 0 Å². The van der Waals surface area contributed by atoms with Crippen LogP contribution in [-0.4, -0.2) is 35.8 Å². The molecule has 0 saturated heterocycles. The molecule has 0 spiro atoms. The molecule has 0 aliphatic heterocycles. The first-order valence-corrected chi connectivity index (χ1v) is 6.38. The average Bonchev–Trinajstić information content (AvgIpc) is 2.19. The molecule has 3 N–H and O–H groups in total. The minimum absolute atomic E-state index is 0.0467. The van der Waals surface area contributed by atoms with Gasteiger partial charge in [-0.15, -0.1) is 0 Å². The van der Waals surface area contributed by atoms with Crippen molar-refractivity contribution in [2.75, 3.05) is 6.54 Å². The number of hydrogen-bond acceptors (Lipinski definition) is 3. The van der Waals surface area contributed by atoms with E-state index in [1.165, 1.54) is 6.92 Å². The lowest BCUT2D eigenvalue weighted by molar-refractivity contribution is -0.131. The molecule has 3 amide bonds. The van der Waals surface area contributed by atoms with Crippen molar-refractivity contribution in [3.05, 3.63) is 0 Å². The van der Waals surface area contributed by atoms with Gasteiger partial charge in [0.25, 0.3) is 0 Å². The van der Waals surface area contributed by atoms with Crippen LogP contribution in [-0.2, 0) is 14.4 Å². The van der Waals surface area contributed by atoms with Crippen molar-refractivity contribution in [2.24, 2.45) is 5.92 Å². The predicted octanol–water partition coefficient (Wildman–Crippen LogP) is 0.178. The summed E-state index contributed by atoms with van der Waals surface area (Å²) in [6, 6.07) is -0.625. The Bertz CT molecular complexity index is 346. The first-order valence-electron chi connectivity index (χ1n) is 6.38. The maximum Gasteiger partial charge on any atom is 0.243 e. The fraction of sp³-hybridized carbons (Fsp3) is 0.769. The molecule has 0 heterocycles. The van der Waals surface area contributed by atoms with Crippen LogP contribution in [0.2, 0.25) is 0 Å². The van der Waals surface area contributed by atoms with E-state index >= 15 is 0 Å². The summed E-state index contributed by atoms with van der Waals surface area (Å²) in [7, 11) is 0. The van der Waals surface area contributed by atoms with Crippen molar-refractivity contribution in [2.45, 2.75) is 53.1 Å². The Balaban J connectivity index is 4.34. The summed E-state index contributed by atoms with van der Waals surface area (Å²) in [4.78, 5) is 34.5. The average molecular weight is 271 g/mol. The molecule has 0 bridgehead atoms. The monoisotopic (exact) mass is 271 g/mol. The largest absolute Gasteiger partial charge is 0.350 e. The van der Waals surface area contributed by atoms with E-state index < -0.39 is 6.04 Å². The molecule has 19 heavy (non-hydrogen) atoms. The van der Waals surface area contributed by atoms with E-state index in [9.17, 15) is 14.4 Å². The predicted molar refractivity (Wildman–Crippen MR) is 73.3 cm³/mol. The number of nitrogens with one attached hydrogen (secondary N) is 3. The van der Waals surface area contributed by atoms with Crippen LogP contribution in [0.1, 0.15) is 41.5 Å². The van der Waals surface area contributed by atoms with Crippen molar-refractivity contribution in [3.63, 3.8) is 0 Å². The third-order valence-corrected chi connectivity index (χ3v) is 2.25. The van der Waals surface area contributed by atoms with E-state index in [0.717, 1.165) is 0 Å². The Labute approximate surface area is 114 Å². The molecule has 0 aromatic heterocycles. The number of rotatable bonds is 5. The molecule has 0 fully saturated rings. The van der Waals surface area contributed by atoms with E-state index in [1.54, 1.807) is 0 Å². The van der Waals surface area contributed by atoms with Gasteiger partial charge in [-0.3, -0.25) is 14.4 Å². The van der Waals surface area contributed by atoms with Gasteiger partial charge in [-0.25, -0.2) is 0 Å². The Hall–Kier alpha value is -1.59. The van der Waals surface area contributed by atoms with Crippen molar-refractivity contribution in [1.82, 2.24) is 16.0 Å². The molecule has 0 aromatic rings. The van der Waals surface area contributed by atoms with E-state index in [4.69, 9.17) is 0 Å². The molecule has 0 saturated carbocycles. The summed E-state index contributed by atoms with van der Waals surface area (Å²) in [6.07, 6.45) is 0. The number of carbonyl (C=O) groups is 3. The van der Waals surface area contributed by atoms with Crippen LogP contribution in [0.3, 0.4) is 0 Å². The van der Waals surface area contributed by atoms with Crippen LogP contribution in [0.4, 0.5) is 0 Å². The van der Waals surface area contributed by atoms with Gasteiger partial charge in [0.2, 0.25) is 17.7 Å². The van der Waals surface area contributed by atoms with Crippen LogP contribution in [0.15, 0.2) is 0 Å². The lowest BCUT2D eigenvalue weighted by Gasteiger charge is -2.23. The van der Waals surface area contributed by atoms with Crippen LogP contribution in [0.25, 0.3) is 0 Å². The zero-order chi connectivity index (χ0) is 15.2. The van der Waals surface area contributed by atoms with Gasteiger partial charge in [0.15, 0.2) is 0 Å². The maximum absolute atomic E-state index is 11.9. The molecule has 6 heteroatoms. The maximum atomic E-state index is 11.9. The minimum Gasteiger partial charge on any atom is -0.350 e. The SMILES string of the molecule is CC(=O)NC(C(=O)NCC(=O)NC(C)(C)C)C(C)C. The standard InChI is InChI=1S/C13H25N3O3/c1-8(2)11(15-9(3)17)12(19)14-7-10(18)16-13(4,5)6/h8,11H,7H2,1-6H3,(H,14,19)(H,15,17)(H,16,18). The highest BCUT2D eigenvalue weighted by Crippen LogP contribution is 2.02. The van der Waals surface area contributed by atoms with Gasteiger partial charge in [-0.1, -0.05) is 13.8 Å². The lowest BCUT2D eigenvalue weighted by Crippen LogP contribution is -2.52. The Kier molecular flexibility index (Phi) is 6.52. The number of amides is 3. The molecule has 0 aliphatic carbocycles. The van der Waals surface area contributed by atoms with Gasteiger partial charge < -0.3 is 16.0 Å². The lowest BCUT2D eigenvalue weighted by atomic mass is 10.0. The minimum atomic E-state index is -0.625. The molecule has 6 nitrogen and oxygen atoms in total. The number of hydrogen-bond donors (Lipinski definition) is 3. The van der Waals surface area contributed by atoms with Crippen molar-refractivity contribution in [1.29, 1.82) is 0 Å². The molecule has 1 atom stereocenters. The molecule has 0 aromatic carbocycles. The Morgan fingerprint density at radius 1 is 1.11 bits per heavy atom. The van der Waals surface area contributed by atoms with Crippen LogP contribution in [0.5, 0.6) is 0 Å². The van der Waals surface area contributed by atoms with Gasteiger partial charge in [0.05, 0.1) is 6.54 Å². The second kappa shape index (κ2) is 7.11. The van der Waals surface area contributed by atoms with E-state index in [1.807, 2.05) is 34.6 Å². The van der Waals surface area contributed by atoms with Crippen LogP contribution in [0, 0.1) is 5.92 Å². The quantitative estimate of drug-likeness (QED) is 0.666. The van der Waals surface area contributed by atoms with E-state index in [2.05, 4.69) is 16.0 Å². The first kappa shape index (κ1) is 17.4. The Morgan fingerprint density at radius 3 is 2.00 bits per heavy atom. The normalized spacial score (nSPS) is 12.8. The summed E-state index contributed by atoms with van der Waals surface area (Å²) in [5.74, 6) is -0.928. The van der Waals surface area contributed by atoms with E-state index in [-0.39, 0.29) is 35.7 Å². The number of carbonyl (C=O) groups excluding carboxylic acids is 3.